The first kappa shape index (κ1) is 10.4. The maximum absolute atomic E-state index is 11.8. The van der Waals surface area contributed by atoms with Gasteiger partial charge in [0.15, 0.2) is 0 Å². The highest BCUT2D eigenvalue weighted by Gasteiger charge is 2.33. The Morgan fingerprint density at radius 3 is 3.00 bits per heavy atom. The van der Waals surface area contributed by atoms with E-state index in [1.165, 1.54) is 0 Å². The number of hydrogen-bond donors (Lipinski definition) is 1. The second kappa shape index (κ2) is 3.79. The van der Waals surface area contributed by atoms with Gasteiger partial charge in [-0.2, -0.15) is 0 Å². The molecule has 0 radical (unpaired) electrons. The van der Waals surface area contributed by atoms with Gasteiger partial charge in [-0.1, -0.05) is 22.0 Å². The highest BCUT2D eigenvalue weighted by Crippen LogP contribution is 2.35. The van der Waals surface area contributed by atoms with E-state index in [0.717, 1.165) is 15.7 Å². The maximum atomic E-state index is 11.8. The molecule has 15 heavy (non-hydrogen) atoms. The highest BCUT2D eigenvalue weighted by atomic mass is 79.9. The zero-order valence-electron chi connectivity index (χ0n) is 8.11. The Balaban J connectivity index is 2.50. The Morgan fingerprint density at radius 1 is 1.60 bits per heavy atom. The molecule has 0 spiro atoms. The topological polar surface area (TPSA) is 46.3 Å². The molecular formula is C11H11BrN2O. The number of fused-ring (bicyclic) bond motifs is 1. The molecule has 0 saturated heterocycles. The largest absolute Gasteiger partial charge is 0.316 e. The van der Waals surface area contributed by atoms with Crippen LogP contribution in [0.3, 0.4) is 0 Å². The van der Waals surface area contributed by atoms with Crippen LogP contribution < -0.4 is 10.6 Å². The summed E-state index contributed by atoms with van der Waals surface area (Å²) in [6.07, 6.45) is 1.70. The Kier molecular flexibility index (Phi) is 2.63. The van der Waals surface area contributed by atoms with E-state index in [2.05, 4.69) is 22.5 Å². The van der Waals surface area contributed by atoms with E-state index in [1.54, 1.807) is 11.0 Å². The zero-order valence-corrected chi connectivity index (χ0v) is 9.70. The first-order valence-corrected chi connectivity index (χ1v) is 5.41. The molecule has 1 aromatic carbocycles. The third-order valence-electron chi connectivity index (χ3n) is 2.46. The quantitative estimate of drug-likeness (QED) is 0.833. The van der Waals surface area contributed by atoms with Crippen LogP contribution in [0.15, 0.2) is 35.3 Å². The lowest BCUT2D eigenvalue weighted by atomic mass is 10.1. The van der Waals surface area contributed by atoms with Crippen molar-refractivity contribution in [2.45, 2.75) is 6.04 Å². The van der Waals surface area contributed by atoms with Crippen molar-refractivity contribution in [3.05, 3.63) is 40.9 Å². The number of halogens is 1. The fourth-order valence-electron chi connectivity index (χ4n) is 1.76. The molecule has 1 aromatic rings. The average molecular weight is 267 g/mol. The molecule has 1 aliphatic rings. The fourth-order valence-corrected chi connectivity index (χ4v) is 2.14. The van der Waals surface area contributed by atoms with Crippen LogP contribution in [0, 0.1) is 0 Å². The van der Waals surface area contributed by atoms with E-state index in [9.17, 15) is 4.79 Å². The fraction of sp³-hybridized carbons (Fsp3) is 0.182. The normalized spacial score (nSPS) is 19.2. The lowest BCUT2D eigenvalue weighted by Gasteiger charge is -2.14. The van der Waals surface area contributed by atoms with Crippen LogP contribution in [0.2, 0.25) is 0 Å². The summed E-state index contributed by atoms with van der Waals surface area (Å²) in [5, 5.41) is 0. The molecule has 0 aromatic heterocycles. The van der Waals surface area contributed by atoms with Gasteiger partial charge in [-0.25, -0.2) is 0 Å². The van der Waals surface area contributed by atoms with Gasteiger partial charge < -0.3 is 10.6 Å². The molecule has 1 amide bonds. The van der Waals surface area contributed by atoms with Gasteiger partial charge in [0.05, 0.1) is 0 Å². The summed E-state index contributed by atoms with van der Waals surface area (Å²) >= 11 is 3.37. The van der Waals surface area contributed by atoms with Crippen LogP contribution in [0.4, 0.5) is 5.69 Å². The summed E-state index contributed by atoms with van der Waals surface area (Å²) in [5.74, 6) is -0.0667. The van der Waals surface area contributed by atoms with E-state index < -0.39 is 6.04 Å². The molecule has 2 rings (SSSR count). The first-order valence-electron chi connectivity index (χ1n) is 4.62. The van der Waals surface area contributed by atoms with Gasteiger partial charge >= 0.3 is 0 Å². The smallest absolute Gasteiger partial charge is 0.248 e. The molecule has 1 aliphatic heterocycles. The SMILES string of the molecule is C=CCN1C(=O)[C@H](N)c2cc(Br)ccc21. The minimum atomic E-state index is -0.544. The van der Waals surface area contributed by atoms with Gasteiger partial charge in [0.2, 0.25) is 5.91 Å². The molecule has 2 N–H and O–H groups in total. The Labute approximate surface area is 96.7 Å². The summed E-state index contributed by atoms with van der Waals surface area (Å²) in [6, 6.07) is 5.15. The number of nitrogens with two attached hydrogens (primary N) is 1. The minimum Gasteiger partial charge on any atom is -0.316 e. The Hall–Kier alpha value is -1.13. The third-order valence-corrected chi connectivity index (χ3v) is 2.95. The van der Waals surface area contributed by atoms with Gasteiger partial charge in [-0.05, 0) is 18.2 Å². The molecule has 0 fully saturated rings. The van der Waals surface area contributed by atoms with Gasteiger partial charge in [0.25, 0.3) is 0 Å². The van der Waals surface area contributed by atoms with E-state index in [0.29, 0.717) is 6.54 Å². The molecule has 0 bridgehead atoms. The van der Waals surface area contributed by atoms with Crippen LogP contribution in [-0.2, 0) is 4.79 Å². The average Bonchev–Trinajstić information content (AvgIpc) is 2.44. The second-order valence-corrected chi connectivity index (χ2v) is 4.33. The van der Waals surface area contributed by atoms with Crippen LogP contribution in [0.1, 0.15) is 11.6 Å². The number of hydrogen-bond acceptors (Lipinski definition) is 2. The number of carbonyl (C=O) groups excluding carboxylic acids is 1. The minimum absolute atomic E-state index is 0.0667. The van der Waals surface area contributed by atoms with Crippen molar-refractivity contribution in [2.75, 3.05) is 11.4 Å². The maximum Gasteiger partial charge on any atom is 0.248 e. The van der Waals surface area contributed by atoms with E-state index >= 15 is 0 Å². The Morgan fingerprint density at radius 2 is 2.33 bits per heavy atom. The number of carbonyl (C=O) groups is 1. The lowest BCUT2D eigenvalue weighted by Crippen LogP contribution is -2.31. The summed E-state index contributed by atoms with van der Waals surface area (Å²) in [4.78, 5) is 13.5. The molecule has 78 valence electrons. The van der Waals surface area contributed by atoms with Crippen LogP contribution >= 0.6 is 15.9 Å². The van der Waals surface area contributed by atoms with Gasteiger partial charge in [-0.15, -0.1) is 6.58 Å². The van der Waals surface area contributed by atoms with E-state index in [4.69, 9.17) is 5.73 Å². The first-order chi connectivity index (χ1) is 7.15. The van der Waals surface area contributed by atoms with Crippen molar-refractivity contribution in [2.24, 2.45) is 5.73 Å². The van der Waals surface area contributed by atoms with E-state index in [1.807, 2.05) is 18.2 Å². The third kappa shape index (κ3) is 1.60. The lowest BCUT2D eigenvalue weighted by molar-refractivity contribution is -0.119. The highest BCUT2D eigenvalue weighted by molar-refractivity contribution is 9.10. The molecular weight excluding hydrogens is 256 g/mol. The molecule has 0 unspecified atom stereocenters. The summed E-state index contributed by atoms with van der Waals surface area (Å²) in [7, 11) is 0. The molecule has 4 heteroatoms. The Bertz CT molecular complexity index is 431. The van der Waals surface area contributed by atoms with Crippen molar-refractivity contribution < 1.29 is 4.79 Å². The monoisotopic (exact) mass is 266 g/mol. The number of rotatable bonds is 2. The molecule has 3 nitrogen and oxygen atoms in total. The van der Waals surface area contributed by atoms with Crippen molar-refractivity contribution in [3.8, 4) is 0 Å². The summed E-state index contributed by atoms with van der Waals surface area (Å²) in [6.45, 7) is 4.13. The number of nitrogens with zero attached hydrogens (tertiary/aromatic N) is 1. The number of benzene rings is 1. The van der Waals surface area contributed by atoms with Gasteiger partial charge in [-0.3, -0.25) is 4.79 Å². The predicted molar refractivity (Wildman–Crippen MR) is 63.6 cm³/mol. The molecule has 0 aliphatic carbocycles. The van der Waals surface area contributed by atoms with E-state index in [-0.39, 0.29) is 5.91 Å². The standard InChI is InChI=1S/C11H11BrN2O/c1-2-5-14-9-4-3-7(12)6-8(9)10(13)11(14)15/h2-4,6,10H,1,5,13H2/t10-/m1/s1. The molecule has 1 heterocycles. The van der Waals surface area contributed by atoms with Crippen molar-refractivity contribution >= 4 is 27.5 Å². The van der Waals surface area contributed by atoms with Crippen LogP contribution in [-0.4, -0.2) is 12.5 Å². The number of anilines is 1. The molecule has 0 saturated carbocycles. The van der Waals surface area contributed by atoms with Gasteiger partial charge in [0, 0.05) is 22.3 Å². The predicted octanol–water partition coefficient (Wildman–Crippen LogP) is 1.98. The van der Waals surface area contributed by atoms with Crippen molar-refractivity contribution in [1.82, 2.24) is 0 Å². The van der Waals surface area contributed by atoms with Crippen LogP contribution in [0.5, 0.6) is 0 Å². The number of amides is 1. The zero-order chi connectivity index (χ0) is 11.0. The van der Waals surface area contributed by atoms with Crippen molar-refractivity contribution in [3.63, 3.8) is 0 Å². The summed E-state index contributed by atoms with van der Waals surface area (Å²) in [5.41, 5.74) is 7.59. The second-order valence-electron chi connectivity index (χ2n) is 3.42. The summed E-state index contributed by atoms with van der Waals surface area (Å²) < 4.78 is 0.935. The van der Waals surface area contributed by atoms with Crippen LogP contribution in [0.25, 0.3) is 0 Å². The molecule has 1 atom stereocenters. The van der Waals surface area contributed by atoms with Crippen molar-refractivity contribution in [1.29, 1.82) is 0 Å². The van der Waals surface area contributed by atoms with Gasteiger partial charge in [0.1, 0.15) is 6.04 Å².